The molecule has 124 valence electrons. The fourth-order valence-corrected chi connectivity index (χ4v) is 3.13. The molecular formula is C18H16ClFN2O2. The van der Waals surface area contributed by atoms with Gasteiger partial charge in [0.2, 0.25) is 11.8 Å². The van der Waals surface area contributed by atoms with Crippen molar-refractivity contribution in [3.8, 4) is 0 Å². The van der Waals surface area contributed by atoms with Crippen LogP contribution in [0, 0.1) is 5.82 Å². The summed E-state index contributed by atoms with van der Waals surface area (Å²) < 4.78 is 13.6. The third-order valence-electron chi connectivity index (χ3n) is 4.48. The lowest BCUT2D eigenvalue weighted by molar-refractivity contribution is -0.124. The molecule has 4 nitrogen and oxygen atoms in total. The maximum Gasteiger partial charge on any atom is 0.248 e. The Labute approximate surface area is 143 Å². The van der Waals surface area contributed by atoms with Gasteiger partial charge < -0.3 is 11.1 Å². The number of benzene rings is 2. The molecule has 1 aliphatic carbocycles. The number of hydrogen-bond acceptors (Lipinski definition) is 2. The molecule has 0 aromatic heterocycles. The Morgan fingerprint density at radius 1 is 1.12 bits per heavy atom. The number of carbonyl (C=O) groups is 2. The second-order valence-electron chi connectivity index (χ2n) is 5.99. The number of halogens is 2. The van der Waals surface area contributed by atoms with Crippen LogP contribution in [0.25, 0.3) is 0 Å². The van der Waals surface area contributed by atoms with Gasteiger partial charge in [0.05, 0.1) is 5.41 Å². The van der Waals surface area contributed by atoms with Crippen molar-refractivity contribution >= 4 is 29.1 Å². The van der Waals surface area contributed by atoms with Crippen molar-refractivity contribution in [1.29, 1.82) is 0 Å². The van der Waals surface area contributed by atoms with Crippen LogP contribution in [-0.4, -0.2) is 11.8 Å². The fraction of sp³-hybridized carbons (Fsp3) is 0.222. The Morgan fingerprint density at radius 3 is 2.33 bits per heavy atom. The van der Waals surface area contributed by atoms with Gasteiger partial charge in [0.15, 0.2) is 0 Å². The monoisotopic (exact) mass is 346 g/mol. The SMILES string of the molecule is NC(=O)c1cc(F)cc(NC(=O)C2(c3ccc(Cl)cc3)CCC2)c1. The molecule has 0 radical (unpaired) electrons. The van der Waals surface area contributed by atoms with Crippen molar-refractivity contribution in [2.24, 2.45) is 5.73 Å². The summed E-state index contributed by atoms with van der Waals surface area (Å²) in [6.07, 6.45) is 2.35. The van der Waals surface area contributed by atoms with Gasteiger partial charge in [-0.3, -0.25) is 9.59 Å². The molecule has 2 aromatic carbocycles. The molecular weight excluding hydrogens is 331 g/mol. The lowest BCUT2D eigenvalue weighted by Crippen LogP contribution is -2.46. The Kier molecular flexibility index (Phi) is 4.28. The molecule has 0 atom stereocenters. The van der Waals surface area contributed by atoms with E-state index < -0.39 is 17.1 Å². The van der Waals surface area contributed by atoms with Crippen LogP contribution in [0.4, 0.5) is 10.1 Å². The summed E-state index contributed by atoms with van der Waals surface area (Å²) in [5.41, 5.74) is 5.64. The topological polar surface area (TPSA) is 72.2 Å². The normalized spacial score (nSPS) is 15.4. The molecule has 1 aliphatic rings. The predicted octanol–water partition coefficient (Wildman–Crippen LogP) is 3.64. The molecule has 24 heavy (non-hydrogen) atoms. The molecule has 3 N–H and O–H groups in total. The highest BCUT2D eigenvalue weighted by atomic mass is 35.5. The molecule has 2 aromatic rings. The van der Waals surface area contributed by atoms with Gasteiger partial charge in [-0.15, -0.1) is 0 Å². The third-order valence-corrected chi connectivity index (χ3v) is 4.73. The highest BCUT2D eigenvalue weighted by Crippen LogP contribution is 2.44. The third kappa shape index (κ3) is 2.99. The van der Waals surface area contributed by atoms with Gasteiger partial charge in [-0.2, -0.15) is 0 Å². The van der Waals surface area contributed by atoms with E-state index in [9.17, 15) is 14.0 Å². The van der Waals surface area contributed by atoms with Crippen molar-refractivity contribution in [3.05, 3.63) is 64.4 Å². The molecule has 0 unspecified atom stereocenters. The summed E-state index contributed by atoms with van der Waals surface area (Å²) in [5.74, 6) is -1.60. The smallest absolute Gasteiger partial charge is 0.248 e. The van der Waals surface area contributed by atoms with Gasteiger partial charge >= 0.3 is 0 Å². The molecule has 0 aliphatic heterocycles. The second kappa shape index (κ2) is 6.24. The molecule has 1 saturated carbocycles. The van der Waals surface area contributed by atoms with Crippen LogP contribution in [0.3, 0.4) is 0 Å². The number of anilines is 1. The molecule has 0 saturated heterocycles. The van der Waals surface area contributed by atoms with Crippen molar-refractivity contribution in [2.75, 3.05) is 5.32 Å². The zero-order valence-electron chi connectivity index (χ0n) is 12.8. The highest BCUT2D eigenvalue weighted by Gasteiger charge is 2.45. The zero-order chi connectivity index (χ0) is 17.3. The maximum absolute atomic E-state index is 13.6. The summed E-state index contributed by atoms with van der Waals surface area (Å²) >= 11 is 5.91. The van der Waals surface area contributed by atoms with Crippen molar-refractivity contribution in [1.82, 2.24) is 0 Å². The van der Waals surface area contributed by atoms with E-state index in [1.165, 1.54) is 12.1 Å². The average Bonchev–Trinajstić information content (AvgIpc) is 2.47. The van der Waals surface area contributed by atoms with Crippen LogP contribution in [0.15, 0.2) is 42.5 Å². The second-order valence-corrected chi connectivity index (χ2v) is 6.43. The summed E-state index contributed by atoms with van der Waals surface area (Å²) in [5, 5.41) is 3.32. The Morgan fingerprint density at radius 2 is 1.79 bits per heavy atom. The van der Waals surface area contributed by atoms with Crippen LogP contribution in [-0.2, 0) is 10.2 Å². The fourth-order valence-electron chi connectivity index (χ4n) is 3.00. The van der Waals surface area contributed by atoms with E-state index in [0.29, 0.717) is 17.9 Å². The maximum atomic E-state index is 13.6. The molecule has 0 spiro atoms. The van der Waals surface area contributed by atoms with Crippen LogP contribution in [0.1, 0.15) is 35.2 Å². The summed E-state index contributed by atoms with van der Waals surface area (Å²) in [7, 11) is 0. The van der Waals surface area contributed by atoms with E-state index in [2.05, 4.69) is 5.32 Å². The molecule has 0 heterocycles. The van der Waals surface area contributed by atoms with Crippen molar-refractivity contribution in [3.63, 3.8) is 0 Å². The minimum atomic E-state index is -0.749. The number of hydrogen-bond donors (Lipinski definition) is 2. The zero-order valence-corrected chi connectivity index (χ0v) is 13.6. The Bertz CT molecular complexity index is 801. The van der Waals surface area contributed by atoms with Gasteiger partial charge in [-0.25, -0.2) is 4.39 Å². The lowest BCUT2D eigenvalue weighted by atomic mass is 9.64. The van der Waals surface area contributed by atoms with E-state index in [1.54, 1.807) is 12.1 Å². The minimum absolute atomic E-state index is 0.0134. The van der Waals surface area contributed by atoms with E-state index in [4.69, 9.17) is 17.3 Å². The van der Waals surface area contributed by atoms with Gasteiger partial charge in [0.25, 0.3) is 0 Å². The van der Waals surface area contributed by atoms with Crippen molar-refractivity contribution in [2.45, 2.75) is 24.7 Å². The standard InChI is InChI=1S/C18H16ClFN2O2/c19-13-4-2-12(3-5-13)18(6-1-7-18)17(24)22-15-9-11(16(21)23)8-14(20)10-15/h2-5,8-10H,1,6-7H2,(H2,21,23)(H,22,24). The van der Waals surface area contributed by atoms with E-state index in [1.807, 2.05) is 12.1 Å². The first-order chi connectivity index (χ1) is 11.4. The van der Waals surface area contributed by atoms with E-state index >= 15 is 0 Å². The van der Waals surface area contributed by atoms with Crippen LogP contribution < -0.4 is 11.1 Å². The number of rotatable bonds is 4. The lowest BCUT2D eigenvalue weighted by Gasteiger charge is -2.40. The number of primary amides is 1. The van der Waals surface area contributed by atoms with Crippen LogP contribution in [0.2, 0.25) is 5.02 Å². The number of nitrogens with two attached hydrogens (primary N) is 1. The predicted molar refractivity (Wildman–Crippen MR) is 90.5 cm³/mol. The molecule has 3 rings (SSSR count). The quantitative estimate of drug-likeness (QED) is 0.887. The highest BCUT2D eigenvalue weighted by molar-refractivity contribution is 6.30. The number of carbonyl (C=O) groups excluding carboxylic acids is 2. The summed E-state index contributed by atoms with van der Waals surface area (Å²) in [4.78, 5) is 24.1. The largest absolute Gasteiger partial charge is 0.366 e. The molecule has 1 fully saturated rings. The first-order valence-corrected chi connectivity index (χ1v) is 7.96. The average molecular weight is 347 g/mol. The van der Waals surface area contributed by atoms with Gasteiger partial charge in [0, 0.05) is 16.3 Å². The first kappa shape index (κ1) is 16.5. The molecule has 6 heteroatoms. The van der Waals surface area contributed by atoms with Crippen LogP contribution in [0.5, 0.6) is 0 Å². The summed E-state index contributed by atoms with van der Waals surface area (Å²) in [6.45, 7) is 0. The first-order valence-electron chi connectivity index (χ1n) is 7.59. The van der Waals surface area contributed by atoms with E-state index in [-0.39, 0.29) is 17.2 Å². The molecule has 2 amide bonds. The minimum Gasteiger partial charge on any atom is -0.366 e. The Hall–Kier alpha value is -2.40. The van der Waals surface area contributed by atoms with Crippen LogP contribution >= 0.6 is 11.6 Å². The van der Waals surface area contributed by atoms with Gasteiger partial charge in [0.1, 0.15) is 5.82 Å². The number of amides is 2. The number of nitrogens with one attached hydrogen (secondary N) is 1. The molecule has 0 bridgehead atoms. The Balaban J connectivity index is 1.88. The summed E-state index contributed by atoms with van der Waals surface area (Å²) in [6, 6.07) is 10.7. The van der Waals surface area contributed by atoms with Crippen molar-refractivity contribution < 1.29 is 14.0 Å². The van der Waals surface area contributed by atoms with E-state index in [0.717, 1.165) is 18.1 Å². The van der Waals surface area contributed by atoms with Gasteiger partial charge in [-0.05, 0) is 48.7 Å². The van der Waals surface area contributed by atoms with Gasteiger partial charge in [-0.1, -0.05) is 30.2 Å².